The zero-order valence-electron chi connectivity index (χ0n) is 9.54. The molecule has 0 aromatic carbocycles. The van der Waals surface area contributed by atoms with Gasteiger partial charge in [-0.25, -0.2) is 8.42 Å². The maximum absolute atomic E-state index is 12.3. The molecule has 0 aliphatic carbocycles. The van der Waals surface area contributed by atoms with Crippen molar-refractivity contribution in [1.29, 1.82) is 5.26 Å². The maximum atomic E-state index is 12.3. The number of nitriles is 1. The number of nitrogens with zero attached hydrogens (tertiary/aromatic N) is 2. The highest BCUT2D eigenvalue weighted by Crippen LogP contribution is 2.21. The predicted octanol–water partition coefficient (Wildman–Crippen LogP) is -0.280. The van der Waals surface area contributed by atoms with Crippen molar-refractivity contribution < 1.29 is 17.9 Å². The largest absolute Gasteiger partial charge is 0.381 e. The Morgan fingerprint density at radius 3 is 2.59 bits per heavy atom. The predicted molar refractivity (Wildman–Crippen MR) is 59.7 cm³/mol. The van der Waals surface area contributed by atoms with Crippen LogP contribution in [0, 0.1) is 11.3 Å². The monoisotopic (exact) mass is 260 g/mol. The van der Waals surface area contributed by atoms with Crippen molar-refractivity contribution in [2.24, 2.45) is 0 Å². The molecule has 0 aromatic heterocycles. The Bertz CT molecular complexity index is 397. The molecule has 2 saturated heterocycles. The Labute approximate surface area is 101 Å². The fourth-order valence-corrected chi connectivity index (χ4v) is 4.00. The average molecular weight is 260 g/mol. The lowest BCUT2D eigenvalue weighted by atomic mass is 10.2. The van der Waals surface area contributed by atoms with E-state index in [-0.39, 0.29) is 11.8 Å². The van der Waals surface area contributed by atoms with E-state index in [1.165, 1.54) is 4.31 Å². The topological polar surface area (TPSA) is 79.6 Å². The van der Waals surface area contributed by atoms with E-state index in [0.29, 0.717) is 39.2 Å². The van der Waals surface area contributed by atoms with Crippen molar-refractivity contribution in [1.82, 2.24) is 4.31 Å². The van der Waals surface area contributed by atoms with Crippen molar-refractivity contribution in [2.45, 2.75) is 24.2 Å². The highest BCUT2D eigenvalue weighted by molar-refractivity contribution is 7.89. The zero-order chi connectivity index (χ0) is 12.3. The third-order valence-electron chi connectivity index (χ3n) is 3.12. The van der Waals surface area contributed by atoms with Crippen LogP contribution in [0.15, 0.2) is 0 Å². The van der Waals surface area contributed by atoms with E-state index >= 15 is 0 Å². The van der Waals surface area contributed by atoms with Crippen LogP contribution < -0.4 is 0 Å². The molecule has 1 atom stereocenters. The second kappa shape index (κ2) is 5.31. The van der Waals surface area contributed by atoms with Gasteiger partial charge in [-0.05, 0) is 12.8 Å². The third-order valence-corrected chi connectivity index (χ3v) is 5.49. The fourth-order valence-electron chi connectivity index (χ4n) is 2.12. The molecule has 2 aliphatic heterocycles. The standard InChI is InChI=1S/C10H16N2O4S/c11-7-9-8-12(3-6-16-9)17(13,14)10-1-4-15-5-2-10/h9-10H,1-6,8H2. The van der Waals surface area contributed by atoms with Crippen LogP contribution in [0.2, 0.25) is 0 Å². The summed E-state index contributed by atoms with van der Waals surface area (Å²) in [5.74, 6) is 0. The summed E-state index contributed by atoms with van der Waals surface area (Å²) >= 11 is 0. The van der Waals surface area contributed by atoms with Gasteiger partial charge >= 0.3 is 0 Å². The van der Waals surface area contributed by atoms with Crippen LogP contribution in [0.4, 0.5) is 0 Å². The second-order valence-electron chi connectivity index (χ2n) is 4.20. The number of hydrogen-bond acceptors (Lipinski definition) is 5. The molecule has 6 nitrogen and oxygen atoms in total. The summed E-state index contributed by atoms with van der Waals surface area (Å²) in [7, 11) is -3.31. The number of hydrogen-bond donors (Lipinski definition) is 0. The van der Waals surface area contributed by atoms with Crippen LogP contribution in [0.5, 0.6) is 0 Å². The number of morpholine rings is 1. The van der Waals surface area contributed by atoms with Gasteiger partial charge < -0.3 is 9.47 Å². The smallest absolute Gasteiger partial charge is 0.217 e. The highest BCUT2D eigenvalue weighted by Gasteiger charge is 2.36. The Balaban J connectivity index is 2.06. The zero-order valence-corrected chi connectivity index (χ0v) is 10.4. The van der Waals surface area contributed by atoms with E-state index in [4.69, 9.17) is 14.7 Å². The molecule has 2 aliphatic rings. The average Bonchev–Trinajstić information content (AvgIpc) is 2.40. The third kappa shape index (κ3) is 2.77. The highest BCUT2D eigenvalue weighted by atomic mass is 32.2. The first-order valence-electron chi connectivity index (χ1n) is 5.72. The summed E-state index contributed by atoms with van der Waals surface area (Å²) in [4.78, 5) is 0. The minimum Gasteiger partial charge on any atom is -0.381 e. The number of rotatable bonds is 2. The van der Waals surface area contributed by atoms with Crippen molar-refractivity contribution >= 4 is 10.0 Å². The Morgan fingerprint density at radius 1 is 1.24 bits per heavy atom. The van der Waals surface area contributed by atoms with Gasteiger partial charge in [-0.1, -0.05) is 0 Å². The molecule has 2 rings (SSSR count). The van der Waals surface area contributed by atoms with E-state index in [9.17, 15) is 8.42 Å². The van der Waals surface area contributed by atoms with Crippen LogP contribution in [0.1, 0.15) is 12.8 Å². The van der Waals surface area contributed by atoms with Gasteiger partial charge in [-0.2, -0.15) is 9.57 Å². The van der Waals surface area contributed by atoms with Gasteiger partial charge in [0.2, 0.25) is 10.0 Å². The van der Waals surface area contributed by atoms with E-state index in [1.54, 1.807) is 0 Å². The van der Waals surface area contributed by atoms with E-state index in [2.05, 4.69) is 0 Å². The Kier molecular flexibility index (Phi) is 3.99. The lowest BCUT2D eigenvalue weighted by Crippen LogP contribution is -2.49. The molecule has 0 saturated carbocycles. The molecule has 0 N–H and O–H groups in total. The van der Waals surface area contributed by atoms with Crippen LogP contribution in [0.25, 0.3) is 0 Å². The van der Waals surface area contributed by atoms with Gasteiger partial charge in [0.05, 0.1) is 24.5 Å². The van der Waals surface area contributed by atoms with Crippen molar-refractivity contribution in [2.75, 3.05) is 32.9 Å². The molecule has 2 heterocycles. The van der Waals surface area contributed by atoms with Gasteiger partial charge in [0, 0.05) is 19.8 Å². The molecule has 7 heteroatoms. The molecule has 1 unspecified atom stereocenters. The lowest BCUT2D eigenvalue weighted by molar-refractivity contribution is 0.0297. The van der Waals surface area contributed by atoms with Gasteiger partial charge in [0.15, 0.2) is 6.10 Å². The molecule has 0 aromatic rings. The van der Waals surface area contributed by atoms with Crippen LogP contribution >= 0.6 is 0 Å². The SMILES string of the molecule is N#CC1CN(S(=O)(=O)C2CCOCC2)CCO1. The van der Waals surface area contributed by atoms with Crippen LogP contribution in [-0.4, -0.2) is 57.0 Å². The van der Waals surface area contributed by atoms with Gasteiger partial charge in [-0.15, -0.1) is 0 Å². The number of sulfonamides is 1. The molecule has 2 fully saturated rings. The molecule has 0 amide bonds. The summed E-state index contributed by atoms with van der Waals surface area (Å²) in [6.07, 6.45) is 0.437. The first kappa shape index (κ1) is 12.8. The fraction of sp³-hybridized carbons (Fsp3) is 0.900. The minimum absolute atomic E-state index is 0.149. The molecule has 0 bridgehead atoms. The first-order chi connectivity index (χ1) is 8.14. The second-order valence-corrected chi connectivity index (χ2v) is 6.42. The summed E-state index contributed by atoms with van der Waals surface area (Å²) in [5.41, 5.74) is 0. The van der Waals surface area contributed by atoms with E-state index in [1.807, 2.05) is 6.07 Å². The van der Waals surface area contributed by atoms with E-state index in [0.717, 1.165) is 0 Å². The van der Waals surface area contributed by atoms with E-state index < -0.39 is 16.1 Å². The summed E-state index contributed by atoms with van der Waals surface area (Å²) in [6, 6.07) is 1.96. The maximum Gasteiger partial charge on any atom is 0.217 e. The molecule has 96 valence electrons. The minimum atomic E-state index is -3.31. The summed E-state index contributed by atoms with van der Waals surface area (Å²) in [5, 5.41) is 8.40. The summed E-state index contributed by atoms with van der Waals surface area (Å²) < 4.78 is 36.3. The van der Waals surface area contributed by atoms with Gasteiger partial charge in [0.25, 0.3) is 0 Å². The quantitative estimate of drug-likeness (QED) is 0.682. The Morgan fingerprint density at radius 2 is 1.94 bits per heavy atom. The van der Waals surface area contributed by atoms with Crippen molar-refractivity contribution in [3.05, 3.63) is 0 Å². The normalized spacial score (nSPS) is 28.8. The molecular formula is C10H16N2O4S. The van der Waals surface area contributed by atoms with Crippen LogP contribution in [0.3, 0.4) is 0 Å². The van der Waals surface area contributed by atoms with Gasteiger partial charge in [0.1, 0.15) is 0 Å². The lowest BCUT2D eigenvalue weighted by Gasteiger charge is -2.33. The first-order valence-corrected chi connectivity index (χ1v) is 7.23. The molecule has 17 heavy (non-hydrogen) atoms. The number of ether oxygens (including phenoxy) is 2. The Hall–Kier alpha value is -0.680. The van der Waals surface area contributed by atoms with Crippen LogP contribution in [-0.2, 0) is 19.5 Å². The van der Waals surface area contributed by atoms with Crippen molar-refractivity contribution in [3.63, 3.8) is 0 Å². The molecule has 0 spiro atoms. The summed E-state index contributed by atoms with van der Waals surface area (Å²) in [6.45, 7) is 1.78. The van der Waals surface area contributed by atoms with Crippen molar-refractivity contribution in [3.8, 4) is 6.07 Å². The molecular weight excluding hydrogens is 244 g/mol. The molecule has 0 radical (unpaired) electrons. The van der Waals surface area contributed by atoms with Gasteiger partial charge in [-0.3, -0.25) is 0 Å².